The van der Waals surface area contributed by atoms with Crippen LogP contribution in [0.1, 0.15) is 0 Å². The monoisotopic (exact) mass is 891 g/mol. The highest BCUT2D eigenvalue weighted by molar-refractivity contribution is 6.26. The number of benzene rings is 11. The van der Waals surface area contributed by atoms with Crippen LogP contribution >= 0.6 is 0 Å². The van der Waals surface area contributed by atoms with Crippen molar-refractivity contribution in [1.29, 1.82) is 0 Å². The molecule has 4 aromatic heterocycles. The third-order valence-electron chi connectivity index (χ3n) is 14.2. The van der Waals surface area contributed by atoms with Crippen LogP contribution in [0.4, 0.5) is 0 Å². The summed E-state index contributed by atoms with van der Waals surface area (Å²) in [4.78, 5) is 20.9. The Morgan fingerprint density at radius 2 is 0.686 bits per heavy atom. The molecule has 4 heterocycles. The number of imidazole rings is 1. The number of para-hydroxylation sites is 4. The van der Waals surface area contributed by atoms with Crippen LogP contribution in [-0.2, 0) is 0 Å². The molecule has 0 radical (unpaired) electrons. The SMILES string of the molecule is c1cc(-c2ccc3c4ccccc4c4ccccc4c3c2)cc(-c2nc(-c3cccc(-c4ccc5c(c4)c4ccccc4n4c6ccccc6nc54)c3)nc(-c3ccc4c(c3)oc3ccccc34)n2)c1. The fourth-order valence-corrected chi connectivity index (χ4v) is 10.9. The molecule has 324 valence electrons. The van der Waals surface area contributed by atoms with Gasteiger partial charge in [0, 0.05) is 38.2 Å². The van der Waals surface area contributed by atoms with E-state index in [1.165, 1.54) is 37.7 Å². The summed E-state index contributed by atoms with van der Waals surface area (Å²) < 4.78 is 8.66. The summed E-state index contributed by atoms with van der Waals surface area (Å²) in [5.74, 6) is 1.73. The fraction of sp³-hybridized carbons (Fsp3) is 0. The molecule has 0 atom stereocenters. The molecule has 15 rings (SSSR count). The van der Waals surface area contributed by atoms with Gasteiger partial charge in [-0.25, -0.2) is 19.9 Å². The molecular weight excluding hydrogens is 855 g/mol. The molecule has 0 N–H and O–H groups in total. The first-order valence-electron chi connectivity index (χ1n) is 23.6. The highest BCUT2D eigenvalue weighted by Gasteiger charge is 2.18. The van der Waals surface area contributed by atoms with E-state index >= 15 is 0 Å². The number of hydrogen-bond donors (Lipinski definition) is 0. The van der Waals surface area contributed by atoms with Gasteiger partial charge in [0.2, 0.25) is 0 Å². The number of hydrogen-bond acceptors (Lipinski definition) is 5. The summed E-state index contributed by atoms with van der Waals surface area (Å²) in [5, 5.41) is 13.0. The molecule has 11 aromatic carbocycles. The number of rotatable bonds is 5. The largest absolute Gasteiger partial charge is 0.456 e. The minimum absolute atomic E-state index is 0.565. The molecule has 0 amide bonds. The van der Waals surface area contributed by atoms with Crippen molar-refractivity contribution in [3.05, 3.63) is 224 Å². The quantitative estimate of drug-likeness (QED) is 0.161. The van der Waals surface area contributed by atoms with Crippen molar-refractivity contribution in [1.82, 2.24) is 24.3 Å². The zero-order valence-corrected chi connectivity index (χ0v) is 37.5. The Balaban J connectivity index is 0.884. The van der Waals surface area contributed by atoms with Gasteiger partial charge in [0.15, 0.2) is 17.5 Å². The lowest BCUT2D eigenvalue weighted by Gasteiger charge is -2.13. The van der Waals surface area contributed by atoms with Gasteiger partial charge < -0.3 is 4.42 Å². The number of aromatic nitrogens is 5. The van der Waals surface area contributed by atoms with Gasteiger partial charge in [-0.2, -0.15) is 0 Å². The molecule has 6 heteroatoms. The average molecular weight is 892 g/mol. The Morgan fingerprint density at radius 1 is 0.257 bits per heavy atom. The van der Waals surface area contributed by atoms with Crippen molar-refractivity contribution in [3.8, 4) is 56.4 Å². The van der Waals surface area contributed by atoms with Crippen molar-refractivity contribution < 1.29 is 4.42 Å². The Morgan fingerprint density at radius 3 is 1.34 bits per heavy atom. The predicted octanol–water partition coefficient (Wildman–Crippen LogP) is 16.7. The Hall–Kier alpha value is -9.52. The van der Waals surface area contributed by atoms with Crippen molar-refractivity contribution in [2.24, 2.45) is 0 Å². The van der Waals surface area contributed by atoms with E-state index in [1.54, 1.807) is 0 Å². The lowest BCUT2D eigenvalue weighted by Crippen LogP contribution is -2.00. The summed E-state index contributed by atoms with van der Waals surface area (Å²) in [6.45, 7) is 0. The van der Waals surface area contributed by atoms with Gasteiger partial charge in [0.25, 0.3) is 0 Å². The van der Waals surface area contributed by atoms with Gasteiger partial charge in [-0.05, 0) is 127 Å². The van der Waals surface area contributed by atoms with E-state index in [4.69, 9.17) is 24.4 Å². The van der Waals surface area contributed by atoms with Crippen molar-refractivity contribution in [3.63, 3.8) is 0 Å². The Labute approximate surface area is 400 Å². The average Bonchev–Trinajstić information content (AvgIpc) is 4.02. The van der Waals surface area contributed by atoms with Crippen LogP contribution in [0.2, 0.25) is 0 Å². The van der Waals surface area contributed by atoms with Crippen LogP contribution in [-0.4, -0.2) is 24.3 Å². The molecule has 0 aliphatic heterocycles. The lowest BCUT2D eigenvalue weighted by molar-refractivity contribution is 0.669. The summed E-state index contributed by atoms with van der Waals surface area (Å²) >= 11 is 0. The van der Waals surface area contributed by atoms with Gasteiger partial charge in [-0.3, -0.25) is 4.40 Å². The van der Waals surface area contributed by atoms with Gasteiger partial charge in [0.1, 0.15) is 16.8 Å². The molecule has 0 bridgehead atoms. The van der Waals surface area contributed by atoms with E-state index in [0.29, 0.717) is 17.5 Å². The van der Waals surface area contributed by atoms with E-state index < -0.39 is 0 Å². The summed E-state index contributed by atoms with van der Waals surface area (Å²) in [6.07, 6.45) is 0. The van der Waals surface area contributed by atoms with Crippen LogP contribution in [0.5, 0.6) is 0 Å². The molecule has 15 aromatic rings. The van der Waals surface area contributed by atoms with Gasteiger partial charge in [0.05, 0.1) is 16.6 Å². The molecule has 0 saturated heterocycles. The first kappa shape index (κ1) is 38.6. The number of furan rings is 1. The van der Waals surface area contributed by atoms with Crippen LogP contribution in [0.15, 0.2) is 229 Å². The molecule has 6 nitrogen and oxygen atoms in total. The van der Waals surface area contributed by atoms with E-state index in [9.17, 15) is 0 Å². The van der Waals surface area contributed by atoms with Gasteiger partial charge in [-0.15, -0.1) is 0 Å². The topological polar surface area (TPSA) is 69.1 Å². The van der Waals surface area contributed by atoms with Gasteiger partial charge >= 0.3 is 0 Å². The zero-order chi connectivity index (χ0) is 45.9. The molecule has 0 aliphatic carbocycles. The summed E-state index contributed by atoms with van der Waals surface area (Å²) in [7, 11) is 0. The van der Waals surface area contributed by atoms with E-state index in [0.717, 1.165) is 93.9 Å². The minimum atomic E-state index is 0.565. The minimum Gasteiger partial charge on any atom is -0.456 e. The predicted molar refractivity (Wildman–Crippen MR) is 288 cm³/mol. The maximum absolute atomic E-state index is 6.37. The van der Waals surface area contributed by atoms with Crippen LogP contribution in [0.3, 0.4) is 0 Å². The van der Waals surface area contributed by atoms with Crippen LogP contribution < -0.4 is 0 Å². The van der Waals surface area contributed by atoms with Gasteiger partial charge in [-0.1, -0.05) is 158 Å². The lowest BCUT2D eigenvalue weighted by atomic mass is 9.92. The van der Waals surface area contributed by atoms with Crippen LogP contribution in [0.25, 0.3) is 149 Å². The second-order valence-electron chi connectivity index (χ2n) is 18.2. The molecular formula is C64H37N5O. The third-order valence-corrected chi connectivity index (χ3v) is 14.2. The molecule has 0 saturated carbocycles. The normalized spacial score (nSPS) is 12.0. The van der Waals surface area contributed by atoms with Crippen molar-refractivity contribution >= 4 is 92.6 Å². The standard InChI is InChI=1S/C64H37N5O/c1-2-19-47-45(17-1)46-18-3-4-20-48(46)54-35-40(27-30-49(47)54)38-13-11-15-42(33-38)61-66-62(68-63(67-61)44-29-31-52-51-22-6-10-26-59(51)70-60(52)37-44)43-16-12-14-39(34-43)41-28-32-53-55(36-41)50-21-5-8-24-57(50)69-58-25-9-7-23-56(58)65-64(53)69/h1-37H. The number of fused-ring (bicyclic) bond motifs is 17. The van der Waals surface area contributed by atoms with E-state index in [2.05, 4.69) is 199 Å². The summed E-state index contributed by atoms with van der Waals surface area (Å²) in [6, 6.07) is 79.4. The molecule has 0 aliphatic rings. The van der Waals surface area contributed by atoms with E-state index in [1.807, 2.05) is 30.3 Å². The third kappa shape index (κ3) is 5.93. The summed E-state index contributed by atoms with van der Waals surface area (Å²) in [5.41, 5.74) is 12.8. The first-order chi connectivity index (χ1) is 34.7. The highest BCUT2D eigenvalue weighted by atomic mass is 16.3. The molecule has 0 spiro atoms. The maximum atomic E-state index is 6.37. The molecule has 70 heavy (non-hydrogen) atoms. The Kier molecular flexibility index (Phi) is 8.26. The van der Waals surface area contributed by atoms with E-state index in [-0.39, 0.29) is 0 Å². The van der Waals surface area contributed by atoms with Crippen molar-refractivity contribution in [2.75, 3.05) is 0 Å². The fourth-order valence-electron chi connectivity index (χ4n) is 10.9. The zero-order valence-electron chi connectivity index (χ0n) is 37.5. The number of pyridine rings is 1. The highest BCUT2D eigenvalue weighted by Crippen LogP contribution is 2.40. The maximum Gasteiger partial charge on any atom is 0.164 e. The van der Waals surface area contributed by atoms with Crippen LogP contribution in [0, 0.1) is 0 Å². The first-order valence-corrected chi connectivity index (χ1v) is 23.6. The smallest absolute Gasteiger partial charge is 0.164 e. The second kappa shape index (κ2) is 15.0. The second-order valence-corrected chi connectivity index (χ2v) is 18.2. The van der Waals surface area contributed by atoms with Crippen molar-refractivity contribution in [2.45, 2.75) is 0 Å². The molecule has 0 fully saturated rings. The molecule has 0 unspecified atom stereocenters. The Bertz CT molecular complexity index is 4640. The number of nitrogens with zero attached hydrogens (tertiary/aromatic N) is 5.